The van der Waals surface area contributed by atoms with E-state index in [9.17, 15) is 9.18 Å². The lowest BCUT2D eigenvalue weighted by atomic mass is 10.3. The molecule has 3 aromatic heterocycles. The van der Waals surface area contributed by atoms with Crippen LogP contribution in [-0.4, -0.2) is 25.7 Å². The molecule has 0 bridgehead atoms. The van der Waals surface area contributed by atoms with Crippen molar-refractivity contribution >= 4 is 22.4 Å². The summed E-state index contributed by atoms with van der Waals surface area (Å²) >= 11 is 1.30. The molecule has 1 N–H and O–H groups in total. The molecule has 0 spiro atoms. The van der Waals surface area contributed by atoms with Gasteiger partial charge in [-0.1, -0.05) is 18.2 Å². The molecule has 0 unspecified atom stereocenters. The van der Waals surface area contributed by atoms with E-state index < -0.39 is 11.7 Å². The number of para-hydroxylation sites is 1. The number of carbonyl (C=O) groups excluding carboxylic acids is 1. The van der Waals surface area contributed by atoms with Crippen LogP contribution in [0.3, 0.4) is 0 Å². The number of pyridine rings is 1. The van der Waals surface area contributed by atoms with E-state index >= 15 is 0 Å². The van der Waals surface area contributed by atoms with Crippen molar-refractivity contribution in [3.63, 3.8) is 0 Å². The van der Waals surface area contributed by atoms with Gasteiger partial charge in [0.2, 0.25) is 0 Å². The Morgan fingerprint density at radius 2 is 1.92 bits per heavy atom. The monoisotopic (exact) mass is 365 g/mol. The number of thiazole rings is 1. The van der Waals surface area contributed by atoms with E-state index in [0.29, 0.717) is 10.8 Å². The van der Waals surface area contributed by atoms with Crippen molar-refractivity contribution < 1.29 is 9.18 Å². The second-order valence-electron chi connectivity index (χ2n) is 5.30. The fourth-order valence-electron chi connectivity index (χ4n) is 2.34. The maximum absolute atomic E-state index is 13.8. The largest absolute Gasteiger partial charge is 0.296 e. The van der Waals surface area contributed by atoms with E-state index in [2.05, 4.69) is 20.4 Å². The van der Waals surface area contributed by atoms with Crippen LogP contribution in [0.15, 0.2) is 66.3 Å². The third kappa shape index (κ3) is 3.22. The fourth-order valence-corrected chi connectivity index (χ4v) is 3.04. The Bertz CT molecular complexity index is 1060. The highest BCUT2D eigenvalue weighted by atomic mass is 32.1. The number of nitrogens with one attached hydrogen (secondary N) is 1. The molecule has 0 saturated carbocycles. The molecule has 3 heterocycles. The Balaban J connectivity index is 1.51. The van der Waals surface area contributed by atoms with Gasteiger partial charge in [0.1, 0.15) is 17.2 Å². The van der Waals surface area contributed by atoms with Crippen LogP contribution in [-0.2, 0) is 0 Å². The molecule has 0 radical (unpaired) electrons. The number of anilines is 1. The molecule has 0 fully saturated rings. The lowest BCUT2D eigenvalue weighted by Crippen LogP contribution is -2.13. The zero-order chi connectivity index (χ0) is 17.9. The minimum absolute atomic E-state index is 0.169. The number of hydrogen-bond acceptors (Lipinski definition) is 5. The van der Waals surface area contributed by atoms with Crippen LogP contribution in [0.5, 0.6) is 0 Å². The summed E-state index contributed by atoms with van der Waals surface area (Å²) in [4.78, 5) is 20.9. The Morgan fingerprint density at radius 1 is 1.08 bits per heavy atom. The van der Waals surface area contributed by atoms with Gasteiger partial charge in [0.05, 0.1) is 5.69 Å². The Hall–Kier alpha value is -3.39. The molecule has 4 rings (SSSR count). The summed E-state index contributed by atoms with van der Waals surface area (Å²) in [7, 11) is 0. The van der Waals surface area contributed by atoms with Crippen LogP contribution < -0.4 is 5.32 Å². The van der Waals surface area contributed by atoms with E-state index in [1.54, 1.807) is 24.4 Å². The molecule has 0 aliphatic heterocycles. The normalized spacial score (nSPS) is 10.7. The predicted molar refractivity (Wildman–Crippen MR) is 96.8 cm³/mol. The second-order valence-corrected chi connectivity index (χ2v) is 6.16. The number of halogens is 1. The second kappa shape index (κ2) is 6.85. The van der Waals surface area contributed by atoms with Crippen molar-refractivity contribution in [1.29, 1.82) is 0 Å². The molecule has 26 heavy (non-hydrogen) atoms. The number of benzene rings is 1. The SMILES string of the molecule is O=C(Nc1nc(-c2ccccn2)cs1)c1ccn(-c2ccccc2F)n1. The van der Waals surface area contributed by atoms with Crippen molar-refractivity contribution in [2.24, 2.45) is 0 Å². The molecule has 4 aromatic rings. The maximum Gasteiger partial charge on any atom is 0.277 e. The summed E-state index contributed by atoms with van der Waals surface area (Å²) in [5.41, 5.74) is 1.86. The third-order valence-corrected chi connectivity index (χ3v) is 4.33. The van der Waals surface area contributed by atoms with Gasteiger partial charge >= 0.3 is 0 Å². The van der Waals surface area contributed by atoms with E-state index in [0.717, 1.165) is 5.69 Å². The van der Waals surface area contributed by atoms with E-state index in [-0.39, 0.29) is 11.4 Å². The van der Waals surface area contributed by atoms with Gasteiger partial charge in [-0.25, -0.2) is 14.1 Å². The first-order valence-electron chi connectivity index (χ1n) is 7.69. The number of rotatable bonds is 4. The standard InChI is InChI=1S/C18H12FN5OS/c19-12-5-1-2-7-16(12)24-10-8-14(23-24)17(25)22-18-21-15(11-26-18)13-6-3-4-9-20-13/h1-11H,(H,21,22,25). The van der Waals surface area contributed by atoms with Crippen molar-refractivity contribution in [2.45, 2.75) is 0 Å². The smallest absolute Gasteiger partial charge is 0.277 e. The molecule has 0 aliphatic carbocycles. The van der Waals surface area contributed by atoms with Crippen LogP contribution in [0.4, 0.5) is 9.52 Å². The summed E-state index contributed by atoms with van der Waals surface area (Å²) in [6, 6.07) is 13.3. The van der Waals surface area contributed by atoms with Crippen LogP contribution >= 0.6 is 11.3 Å². The van der Waals surface area contributed by atoms with Gasteiger partial charge in [-0.2, -0.15) is 5.10 Å². The summed E-state index contributed by atoms with van der Waals surface area (Å²) in [5.74, 6) is -0.829. The highest BCUT2D eigenvalue weighted by Gasteiger charge is 2.14. The van der Waals surface area contributed by atoms with Gasteiger partial charge in [0.25, 0.3) is 5.91 Å². The average molecular weight is 365 g/mol. The first kappa shape index (κ1) is 16.1. The highest BCUT2D eigenvalue weighted by Crippen LogP contribution is 2.23. The van der Waals surface area contributed by atoms with Gasteiger partial charge in [-0.15, -0.1) is 11.3 Å². The van der Waals surface area contributed by atoms with Gasteiger partial charge in [0.15, 0.2) is 10.8 Å². The Labute approximate surface area is 152 Å². The van der Waals surface area contributed by atoms with Gasteiger partial charge in [-0.05, 0) is 30.3 Å². The molecule has 128 valence electrons. The van der Waals surface area contributed by atoms with Crippen molar-refractivity contribution in [1.82, 2.24) is 19.7 Å². The number of nitrogens with zero attached hydrogens (tertiary/aromatic N) is 4. The predicted octanol–water partition coefficient (Wildman–Crippen LogP) is 3.78. The van der Waals surface area contributed by atoms with E-state index in [4.69, 9.17) is 0 Å². The molecule has 6 nitrogen and oxygen atoms in total. The van der Waals surface area contributed by atoms with E-state index in [1.807, 2.05) is 23.6 Å². The van der Waals surface area contributed by atoms with Crippen LogP contribution in [0.1, 0.15) is 10.5 Å². The summed E-state index contributed by atoms with van der Waals surface area (Å²) < 4.78 is 15.1. The van der Waals surface area contributed by atoms with E-state index in [1.165, 1.54) is 34.3 Å². The summed E-state index contributed by atoms with van der Waals surface area (Å²) in [6.45, 7) is 0. The lowest BCUT2D eigenvalue weighted by molar-refractivity contribution is 0.102. The van der Waals surface area contributed by atoms with Gasteiger partial charge in [0, 0.05) is 17.8 Å². The molecule has 0 aliphatic rings. The van der Waals surface area contributed by atoms with Gasteiger partial charge < -0.3 is 0 Å². The zero-order valence-electron chi connectivity index (χ0n) is 13.3. The zero-order valence-corrected chi connectivity index (χ0v) is 14.2. The molecule has 0 atom stereocenters. The Kier molecular flexibility index (Phi) is 4.24. The van der Waals surface area contributed by atoms with Crippen LogP contribution in [0.25, 0.3) is 17.1 Å². The fraction of sp³-hybridized carbons (Fsp3) is 0. The molecule has 8 heteroatoms. The summed E-state index contributed by atoms with van der Waals surface area (Å²) in [6.07, 6.45) is 3.22. The first-order valence-corrected chi connectivity index (χ1v) is 8.57. The molecule has 1 amide bonds. The average Bonchev–Trinajstić information content (AvgIpc) is 3.33. The van der Waals surface area contributed by atoms with Gasteiger partial charge in [-0.3, -0.25) is 15.1 Å². The lowest BCUT2D eigenvalue weighted by Gasteiger charge is -2.02. The maximum atomic E-state index is 13.8. The third-order valence-electron chi connectivity index (χ3n) is 3.57. The van der Waals surface area contributed by atoms with Crippen molar-refractivity contribution in [2.75, 3.05) is 5.32 Å². The topological polar surface area (TPSA) is 72.7 Å². The van der Waals surface area contributed by atoms with Crippen molar-refractivity contribution in [3.8, 4) is 17.1 Å². The quantitative estimate of drug-likeness (QED) is 0.597. The first-order chi connectivity index (χ1) is 12.7. The number of aromatic nitrogens is 4. The molecule has 0 saturated heterocycles. The summed E-state index contributed by atoms with van der Waals surface area (Å²) in [5, 5.41) is 9.09. The highest BCUT2D eigenvalue weighted by molar-refractivity contribution is 7.14. The molecular formula is C18H12FN5OS. The number of hydrogen-bond donors (Lipinski definition) is 1. The minimum atomic E-state index is -0.415. The molecule has 1 aromatic carbocycles. The minimum Gasteiger partial charge on any atom is -0.296 e. The number of carbonyl (C=O) groups is 1. The van der Waals surface area contributed by atoms with Crippen molar-refractivity contribution in [3.05, 3.63) is 77.8 Å². The Morgan fingerprint density at radius 3 is 2.73 bits per heavy atom. The van der Waals surface area contributed by atoms with Crippen LogP contribution in [0, 0.1) is 5.82 Å². The van der Waals surface area contributed by atoms with Crippen LogP contribution in [0.2, 0.25) is 0 Å². The number of amides is 1. The molecular weight excluding hydrogens is 353 g/mol.